The molecular weight excluding hydrogens is 392 g/mol. The molecule has 2 aromatic carbocycles. The van der Waals surface area contributed by atoms with Crippen molar-refractivity contribution in [3.05, 3.63) is 52.5 Å². The van der Waals surface area contributed by atoms with Gasteiger partial charge in [0.05, 0.1) is 5.02 Å². The van der Waals surface area contributed by atoms with Crippen LogP contribution in [0.3, 0.4) is 0 Å². The number of anilines is 1. The number of hydrogen-bond donors (Lipinski definition) is 2. The van der Waals surface area contributed by atoms with Gasteiger partial charge in [0.25, 0.3) is 0 Å². The van der Waals surface area contributed by atoms with Gasteiger partial charge in [-0.1, -0.05) is 29.8 Å². The van der Waals surface area contributed by atoms with Crippen LogP contribution in [-0.2, 0) is 22.4 Å². The van der Waals surface area contributed by atoms with Gasteiger partial charge in [-0.15, -0.1) is 0 Å². The molecule has 0 aliphatic carbocycles. The van der Waals surface area contributed by atoms with E-state index in [1.807, 2.05) is 36.4 Å². The highest BCUT2D eigenvalue weighted by Gasteiger charge is 2.26. The van der Waals surface area contributed by atoms with Crippen LogP contribution in [0.4, 0.5) is 5.69 Å². The molecule has 1 unspecified atom stereocenters. The van der Waals surface area contributed by atoms with E-state index in [1.165, 1.54) is 0 Å². The molecule has 29 heavy (non-hydrogen) atoms. The summed E-state index contributed by atoms with van der Waals surface area (Å²) in [7, 11) is 0. The summed E-state index contributed by atoms with van der Waals surface area (Å²) in [5, 5.41) is 6.36. The van der Waals surface area contributed by atoms with E-state index in [1.54, 1.807) is 0 Å². The molecule has 152 valence electrons. The van der Waals surface area contributed by atoms with Crippen LogP contribution < -0.4 is 20.1 Å². The number of benzene rings is 2. The Morgan fingerprint density at radius 3 is 2.93 bits per heavy atom. The lowest BCUT2D eigenvalue weighted by Gasteiger charge is -2.24. The molecule has 0 saturated heterocycles. The molecular formula is C22H23ClN2O4. The molecule has 0 spiro atoms. The van der Waals surface area contributed by atoms with Crippen molar-refractivity contribution in [1.29, 1.82) is 0 Å². The fourth-order valence-electron chi connectivity index (χ4n) is 3.69. The molecule has 4 rings (SSSR count). The lowest BCUT2D eigenvalue weighted by molar-refractivity contribution is -0.122. The molecule has 2 heterocycles. The van der Waals surface area contributed by atoms with E-state index < -0.39 is 0 Å². The molecule has 0 fully saturated rings. The number of hydrogen-bond acceptors (Lipinski definition) is 4. The van der Waals surface area contributed by atoms with Crippen LogP contribution in [0, 0.1) is 5.92 Å². The lowest BCUT2D eigenvalue weighted by Crippen LogP contribution is -2.32. The number of nitrogens with one attached hydrogen (secondary N) is 2. The summed E-state index contributed by atoms with van der Waals surface area (Å²) >= 11 is 6.24. The van der Waals surface area contributed by atoms with Crippen LogP contribution in [0.1, 0.15) is 24.0 Å². The van der Waals surface area contributed by atoms with Gasteiger partial charge in [-0.2, -0.15) is 0 Å². The van der Waals surface area contributed by atoms with E-state index in [2.05, 4.69) is 10.6 Å². The van der Waals surface area contributed by atoms with Crippen molar-refractivity contribution in [2.75, 3.05) is 25.1 Å². The fraction of sp³-hybridized carbons (Fsp3) is 0.364. The number of halogens is 1. The van der Waals surface area contributed by atoms with Crippen molar-refractivity contribution in [1.82, 2.24) is 5.32 Å². The van der Waals surface area contributed by atoms with Gasteiger partial charge in [-0.25, -0.2) is 0 Å². The Labute approximate surface area is 174 Å². The van der Waals surface area contributed by atoms with Crippen molar-refractivity contribution in [2.24, 2.45) is 5.92 Å². The first-order valence-electron chi connectivity index (χ1n) is 9.83. The van der Waals surface area contributed by atoms with Gasteiger partial charge in [0.1, 0.15) is 13.2 Å². The molecule has 1 atom stereocenters. The Bertz CT molecular complexity index is 931. The van der Waals surface area contributed by atoms with Gasteiger partial charge < -0.3 is 20.1 Å². The molecule has 2 amide bonds. The summed E-state index contributed by atoms with van der Waals surface area (Å²) in [6.07, 6.45) is 2.16. The summed E-state index contributed by atoms with van der Waals surface area (Å²) in [6.45, 7) is 1.49. The minimum absolute atomic E-state index is 0.0116. The highest BCUT2D eigenvalue weighted by molar-refractivity contribution is 6.32. The van der Waals surface area contributed by atoms with E-state index >= 15 is 0 Å². The van der Waals surface area contributed by atoms with E-state index in [0.717, 1.165) is 16.8 Å². The maximum atomic E-state index is 12.2. The first-order valence-corrected chi connectivity index (χ1v) is 10.2. The number of para-hydroxylation sites is 1. The third-order valence-corrected chi connectivity index (χ3v) is 5.51. The van der Waals surface area contributed by atoms with Crippen molar-refractivity contribution >= 4 is 29.1 Å². The number of carbonyl (C=O) groups excluding carboxylic acids is 2. The third kappa shape index (κ3) is 4.65. The molecule has 0 bridgehead atoms. The van der Waals surface area contributed by atoms with Crippen LogP contribution in [0.25, 0.3) is 0 Å². The van der Waals surface area contributed by atoms with Gasteiger partial charge in [-0.3, -0.25) is 9.59 Å². The van der Waals surface area contributed by atoms with Gasteiger partial charge in [0, 0.05) is 24.6 Å². The standard InChI is InChI=1S/C22H23ClN2O4/c23-17-11-14(12-19-21(17)29-10-9-28-19)7-8-24-20(26)6-5-16-13-15-3-1-2-4-18(15)25-22(16)27/h1-4,11-12,16H,5-10,13H2,(H,24,26)(H,25,27). The molecule has 0 saturated carbocycles. The smallest absolute Gasteiger partial charge is 0.227 e. The molecule has 7 heteroatoms. The first kappa shape index (κ1) is 19.6. The highest BCUT2D eigenvalue weighted by Crippen LogP contribution is 2.38. The van der Waals surface area contributed by atoms with Gasteiger partial charge >= 0.3 is 0 Å². The zero-order chi connectivity index (χ0) is 20.2. The van der Waals surface area contributed by atoms with Crippen molar-refractivity contribution in [2.45, 2.75) is 25.7 Å². The Hall–Kier alpha value is -2.73. The van der Waals surface area contributed by atoms with E-state index in [-0.39, 0.29) is 17.7 Å². The Morgan fingerprint density at radius 2 is 2.03 bits per heavy atom. The molecule has 2 aromatic rings. The maximum Gasteiger partial charge on any atom is 0.227 e. The first-order chi connectivity index (χ1) is 14.1. The molecule has 2 N–H and O–H groups in total. The third-order valence-electron chi connectivity index (χ3n) is 5.22. The van der Waals surface area contributed by atoms with Crippen LogP contribution in [0.5, 0.6) is 11.5 Å². The molecule has 6 nitrogen and oxygen atoms in total. The van der Waals surface area contributed by atoms with Gasteiger partial charge in [0.2, 0.25) is 11.8 Å². The molecule has 2 aliphatic heterocycles. The average Bonchev–Trinajstić information content (AvgIpc) is 2.72. The fourth-order valence-corrected chi connectivity index (χ4v) is 3.98. The lowest BCUT2D eigenvalue weighted by atomic mass is 9.89. The number of ether oxygens (including phenoxy) is 2. The Kier molecular flexibility index (Phi) is 5.90. The predicted octanol–water partition coefficient (Wildman–Crippen LogP) is 3.36. The Morgan fingerprint density at radius 1 is 1.21 bits per heavy atom. The Balaban J connectivity index is 1.24. The van der Waals surface area contributed by atoms with E-state index in [0.29, 0.717) is 62.0 Å². The van der Waals surface area contributed by atoms with Gasteiger partial charge in [-0.05, 0) is 48.6 Å². The summed E-state index contributed by atoms with van der Waals surface area (Å²) in [5.74, 6) is 0.988. The quantitative estimate of drug-likeness (QED) is 0.759. The predicted molar refractivity (Wildman–Crippen MR) is 111 cm³/mol. The maximum absolute atomic E-state index is 12.2. The average molecular weight is 415 g/mol. The van der Waals surface area contributed by atoms with E-state index in [9.17, 15) is 9.59 Å². The minimum atomic E-state index is -0.174. The number of carbonyl (C=O) groups is 2. The second-order valence-corrected chi connectivity index (χ2v) is 7.70. The topological polar surface area (TPSA) is 76.7 Å². The number of amides is 2. The number of rotatable bonds is 6. The summed E-state index contributed by atoms with van der Waals surface area (Å²) in [6, 6.07) is 11.5. The minimum Gasteiger partial charge on any atom is -0.486 e. The molecule has 2 aliphatic rings. The van der Waals surface area contributed by atoms with Crippen LogP contribution >= 0.6 is 11.6 Å². The van der Waals surface area contributed by atoms with Crippen LogP contribution in [0.15, 0.2) is 36.4 Å². The van der Waals surface area contributed by atoms with E-state index in [4.69, 9.17) is 21.1 Å². The summed E-state index contributed by atoms with van der Waals surface area (Å²) in [5.41, 5.74) is 2.96. The van der Waals surface area contributed by atoms with Gasteiger partial charge in [0.15, 0.2) is 11.5 Å². The second-order valence-electron chi connectivity index (χ2n) is 7.29. The summed E-state index contributed by atoms with van der Waals surface area (Å²) < 4.78 is 11.1. The normalized spacial score (nSPS) is 17.3. The highest BCUT2D eigenvalue weighted by atomic mass is 35.5. The monoisotopic (exact) mass is 414 g/mol. The van der Waals surface area contributed by atoms with Crippen LogP contribution in [0.2, 0.25) is 5.02 Å². The molecule has 0 radical (unpaired) electrons. The van der Waals surface area contributed by atoms with Crippen molar-refractivity contribution < 1.29 is 19.1 Å². The molecule has 0 aromatic heterocycles. The zero-order valence-corrected chi connectivity index (χ0v) is 16.8. The van der Waals surface area contributed by atoms with Crippen LogP contribution in [-0.4, -0.2) is 31.6 Å². The SMILES string of the molecule is O=C(CCC1Cc2ccccc2NC1=O)NCCc1cc(Cl)c2c(c1)OCCO2. The zero-order valence-electron chi connectivity index (χ0n) is 16.0. The van der Waals surface area contributed by atoms with Crippen molar-refractivity contribution in [3.63, 3.8) is 0 Å². The largest absolute Gasteiger partial charge is 0.486 e. The summed E-state index contributed by atoms with van der Waals surface area (Å²) in [4.78, 5) is 24.5. The van der Waals surface area contributed by atoms with Crippen molar-refractivity contribution in [3.8, 4) is 11.5 Å². The second kappa shape index (κ2) is 8.74. The number of fused-ring (bicyclic) bond motifs is 2.